The van der Waals surface area contributed by atoms with Gasteiger partial charge in [0.2, 0.25) is 0 Å². The maximum absolute atomic E-state index is 12.3. The van der Waals surface area contributed by atoms with Crippen LogP contribution in [0.4, 0.5) is 10.5 Å². The molecule has 1 aromatic carbocycles. The van der Waals surface area contributed by atoms with Crippen molar-refractivity contribution >= 4 is 11.7 Å². The number of rotatable bonds is 5. The highest BCUT2D eigenvalue weighted by atomic mass is 16.5. The minimum atomic E-state index is -0.100. The first-order chi connectivity index (χ1) is 10.6. The molecule has 0 bridgehead atoms. The number of anilines is 1. The smallest absolute Gasteiger partial charge is 0.321 e. The second kappa shape index (κ2) is 8.03. The Morgan fingerprint density at radius 2 is 2.05 bits per heavy atom. The summed E-state index contributed by atoms with van der Waals surface area (Å²) in [5.74, 6) is 1.46. The maximum atomic E-state index is 12.3. The number of para-hydroxylation sites is 2. The van der Waals surface area contributed by atoms with E-state index >= 15 is 0 Å². The lowest BCUT2D eigenvalue weighted by atomic mass is 9.98. The van der Waals surface area contributed by atoms with Gasteiger partial charge in [0.05, 0.1) is 12.3 Å². The Balaban J connectivity index is 1.94. The number of ether oxygens (including phenoxy) is 1. The molecule has 2 rings (SSSR count). The van der Waals surface area contributed by atoms with Crippen LogP contribution in [0.1, 0.15) is 26.7 Å². The Labute approximate surface area is 132 Å². The molecule has 1 aliphatic rings. The summed E-state index contributed by atoms with van der Waals surface area (Å²) in [6, 6.07) is 7.41. The van der Waals surface area contributed by atoms with Crippen LogP contribution in [-0.2, 0) is 0 Å². The Morgan fingerprint density at radius 3 is 2.68 bits per heavy atom. The fourth-order valence-corrected chi connectivity index (χ4v) is 2.47. The Hall–Kier alpha value is -1.75. The number of urea groups is 1. The molecule has 0 atom stereocenters. The zero-order chi connectivity index (χ0) is 15.9. The van der Waals surface area contributed by atoms with Crippen LogP contribution in [0, 0.1) is 11.8 Å². The van der Waals surface area contributed by atoms with E-state index in [1.165, 1.54) is 0 Å². The number of amides is 2. The molecule has 122 valence electrons. The molecule has 2 N–H and O–H groups in total. The van der Waals surface area contributed by atoms with Crippen molar-refractivity contribution in [2.75, 3.05) is 31.6 Å². The van der Waals surface area contributed by atoms with Gasteiger partial charge < -0.3 is 20.1 Å². The second-order valence-electron chi connectivity index (χ2n) is 6.24. The molecule has 22 heavy (non-hydrogen) atoms. The van der Waals surface area contributed by atoms with Crippen molar-refractivity contribution in [1.82, 2.24) is 4.90 Å². The highest BCUT2D eigenvalue weighted by Gasteiger charge is 2.22. The molecule has 5 heteroatoms. The lowest BCUT2D eigenvalue weighted by Crippen LogP contribution is -2.41. The van der Waals surface area contributed by atoms with Gasteiger partial charge in [0.1, 0.15) is 5.75 Å². The molecule has 0 unspecified atom stereocenters. The molecule has 1 fully saturated rings. The lowest BCUT2D eigenvalue weighted by molar-refractivity contribution is 0.143. The molecule has 1 heterocycles. The van der Waals surface area contributed by atoms with Crippen LogP contribution in [-0.4, -0.2) is 42.3 Å². The van der Waals surface area contributed by atoms with Crippen molar-refractivity contribution in [3.63, 3.8) is 0 Å². The van der Waals surface area contributed by atoms with Gasteiger partial charge >= 0.3 is 6.03 Å². The molecule has 1 saturated heterocycles. The fraction of sp³-hybridized carbons (Fsp3) is 0.588. The zero-order valence-corrected chi connectivity index (χ0v) is 13.4. The molecule has 0 saturated carbocycles. The number of nitrogens with one attached hydrogen (secondary N) is 1. The molecule has 0 aromatic heterocycles. The first kappa shape index (κ1) is 16.6. The largest absolute Gasteiger partial charge is 0.491 e. The standard InChI is InChI=1S/C17H26N2O3/c1-13(2)12-22-16-6-4-3-5-15(16)18-17(21)19-9-7-14(11-20)8-10-19/h3-6,13-14,20H,7-12H2,1-2H3,(H,18,21). The van der Waals surface area contributed by atoms with Gasteiger partial charge in [0.15, 0.2) is 0 Å². The summed E-state index contributed by atoms with van der Waals surface area (Å²) < 4.78 is 5.75. The van der Waals surface area contributed by atoms with Crippen molar-refractivity contribution in [1.29, 1.82) is 0 Å². The van der Waals surface area contributed by atoms with Gasteiger partial charge in [-0.1, -0.05) is 26.0 Å². The van der Waals surface area contributed by atoms with Gasteiger partial charge in [-0.15, -0.1) is 0 Å². The van der Waals surface area contributed by atoms with E-state index in [1.54, 1.807) is 4.90 Å². The number of nitrogens with zero attached hydrogens (tertiary/aromatic N) is 1. The normalized spacial score (nSPS) is 15.9. The summed E-state index contributed by atoms with van der Waals surface area (Å²) >= 11 is 0. The number of carbonyl (C=O) groups is 1. The Bertz CT molecular complexity index is 483. The summed E-state index contributed by atoms with van der Waals surface area (Å²) in [6.45, 7) is 6.38. The summed E-state index contributed by atoms with van der Waals surface area (Å²) in [5, 5.41) is 12.1. The highest BCUT2D eigenvalue weighted by molar-refractivity contribution is 5.91. The molecule has 5 nitrogen and oxygen atoms in total. The molecule has 1 aliphatic heterocycles. The molecular weight excluding hydrogens is 280 g/mol. The molecule has 2 amide bonds. The van der Waals surface area contributed by atoms with Crippen LogP contribution in [0.3, 0.4) is 0 Å². The van der Waals surface area contributed by atoms with Crippen molar-refractivity contribution in [3.8, 4) is 5.75 Å². The Kier molecular flexibility index (Phi) is 6.07. The van der Waals surface area contributed by atoms with E-state index in [2.05, 4.69) is 19.2 Å². The van der Waals surface area contributed by atoms with Crippen LogP contribution >= 0.6 is 0 Å². The summed E-state index contributed by atoms with van der Waals surface area (Å²) in [7, 11) is 0. The average Bonchev–Trinajstić information content (AvgIpc) is 2.54. The van der Waals surface area contributed by atoms with Gasteiger partial charge in [-0.05, 0) is 36.8 Å². The first-order valence-corrected chi connectivity index (χ1v) is 7.98. The molecule has 0 radical (unpaired) electrons. The minimum absolute atomic E-state index is 0.100. The van der Waals surface area contributed by atoms with Crippen LogP contribution in [0.5, 0.6) is 5.75 Å². The molecular formula is C17H26N2O3. The van der Waals surface area contributed by atoms with E-state index in [0.717, 1.165) is 12.8 Å². The van der Waals surface area contributed by atoms with E-state index in [0.29, 0.717) is 43.0 Å². The highest BCUT2D eigenvalue weighted by Crippen LogP contribution is 2.25. The van der Waals surface area contributed by atoms with Gasteiger partial charge in [-0.3, -0.25) is 0 Å². The number of benzene rings is 1. The quantitative estimate of drug-likeness (QED) is 0.879. The van der Waals surface area contributed by atoms with E-state index in [-0.39, 0.29) is 12.6 Å². The zero-order valence-electron chi connectivity index (χ0n) is 13.4. The third-order valence-electron chi connectivity index (χ3n) is 3.86. The number of piperidine rings is 1. The third-order valence-corrected chi connectivity index (χ3v) is 3.86. The minimum Gasteiger partial charge on any atom is -0.491 e. The van der Waals surface area contributed by atoms with Crippen molar-refractivity contribution in [2.24, 2.45) is 11.8 Å². The molecule has 1 aromatic rings. The van der Waals surface area contributed by atoms with E-state index < -0.39 is 0 Å². The van der Waals surface area contributed by atoms with Crippen LogP contribution in [0.15, 0.2) is 24.3 Å². The summed E-state index contributed by atoms with van der Waals surface area (Å²) in [5.41, 5.74) is 0.706. The topological polar surface area (TPSA) is 61.8 Å². The van der Waals surface area contributed by atoms with E-state index in [1.807, 2.05) is 24.3 Å². The van der Waals surface area contributed by atoms with Gasteiger partial charge in [-0.25, -0.2) is 4.79 Å². The van der Waals surface area contributed by atoms with Gasteiger partial charge in [0.25, 0.3) is 0 Å². The fourth-order valence-electron chi connectivity index (χ4n) is 2.47. The number of carbonyl (C=O) groups excluding carboxylic acids is 1. The lowest BCUT2D eigenvalue weighted by Gasteiger charge is -2.31. The molecule has 0 spiro atoms. The number of hydrogen-bond donors (Lipinski definition) is 2. The summed E-state index contributed by atoms with van der Waals surface area (Å²) in [6.07, 6.45) is 1.71. The van der Waals surface area contributed by atoms with Crippen LogP contribution in [0.2, 0.25) is 0 Å². The number of hydrogen-bond acceptors (Lipinski definition) is 3. The first-order valence-electron chi connectivity index (χ1n) is 7.98. The number of likely N-dealkylation sites (tertiary alicyclic amines) is 1. The average molecular weight is 306 g/mol. The SMILES string of the molecule is CC(C)COc1ccccc1NC(=O)N1CCC(CO)CC1. The maximum Gasteiger partial charge on any atom is 0.321 e. The third kappa shape index (κ3) is 4.63. The number of aliphatic hydroxyl groups is 1. The van der Waals surface area contributed by atoms with Crippen molar-refractivity contribution < 1.29 is 14.6 Å². The van der Waals surface area contributed by atoms with Crippen LogP contribution in [0.25, 0.3) is 0 Å². The van der Waals surface area contributed by atoms with Gasteiger partial charge in [0, 0.05) is 19.7 Å². The predicted octanol–water partition coefficient (Wildman–Crippen LogP) is 2.96. The van der Waals surface area contributed by atoms with Crippen LogP contribution < -0.4 is 10.1 Å². The monoisotopic (exact) mass is 306 g/mol. The van der Waals surface area contributed by atoms with Crippen molar-refractivity contribution in [3.05, 3.63) is 24.3 Å². The molecule has 0 aliphatic carbocycles. The predicted molar refractivity (Wildman–Crippen MR) is 87.2 cm³/mol. The van der Waals surface area contributed by atoms with E-state index in [9.17, 15) is 4.79 Å². The Morgan fingerprint density at radius 1 is 1.36 bits per heavy atom. The van der Waals surface area contributed by atoms with Gasteiger partial charge in [-0.2, -0.15) is 0 Å². The number of aliphatic hydroxyl groups excluding tert-OH is 1. The van der Waals surface area contributed by atoms with E-state index in [4.69, 9.17) is 9.84 Å². The van der Waals surface area contributed by atoms with Crippen molar-refractivity contribution in [2.45, 2.75) is 26.7 Å². The summed E-state index contributed by atoms with van der Waals surface area (Å²) in [4.78, 5) is 14.1. The second-order valence-corrected chi connectivity index (χ2v) is 6.24.